The first-order chi connectivity index (χ1) is 9.07. The number of aromatic nitrogens is 2. The molecule has 2 rings (SSSR count). The SMILES string of the molecule is Cc1c(N)nc(C2CC2)nc1NC(C)(C)CC(C)(C)C. The lowest BCUT2D eigenvalue weighted by molar-refractivity contribution is 0.302. The van der Waals surface area contributed by atoms with E-state index < -0.39 is 0 Å². The van der Waals surface area contributed by atoms with E-state index in [1.54, 1.807) is 0 Å². The Bertz CT molecular complexity index is 496. The first kappa shape index (κ1) is 15.1. The van der Waals surface area contributed by atoms with Gasteiger partial charge < -0.3 is 11.1 Å². The van der Waals surface area contributed by atoms with Gasteiger partial charge in [-0.05, 0) is 45.4 Å². The fourth-order valence-corrected chi connectivity index (χ4v) is 2.89. The molecule has 3 N–H and O–H groups in total. The van der Waals surface area contributed by atoms with Crippen LogP contribution in [0.4, 0.5) is 11.6 Å². The molecular formula is C16H28N4. The molecule has 0 radical (unpaired) electrons. The number of nitrogens with one attached hydrogen (secondary N) is 1. The van der Waals surface area contributed by atoms with Crippen molar-refractivity contribution in [3.63, 3.8) is 0 Å². The van der Waals surface area contributed by atoms with Gasteiger partial charge >= 0.3 is 0 Å². The predicted octanol–water partition coefficient (Wildman–Crippen LogP) is 3.87. The zero-order valence-electron chi connectivity index (χ0n) is 13.7. The molecule has 112 valence electrons. The van der Waals surface area contributed by atoms with Gasteiger partial charge in [0, 0.05) is 17.0 Å². The lowest BCUT2D eigenvalue weighted by Crippen LogP contribution is -2.36. The van der Waals surface area contributed by atoms with E-state index in [1.165, 1.54) is 12.8 Å². The van der Waals surface area contributed by atoms with Crippen LogP contribution in [-0.2, 0) is 0 Å². The minimum atomic E-state index is -0.0232. The topological polar surface area (TPSA) is 63.8 Å². The molecule has 0 spiro atoms. The molecule has 1 heterocycles. The van der Waals surface area contributed by atoms with Gasteiger partial charge in [0.25, 0.3) is 0 Å². The maximum Gasteiger partial charge on any atom is 0.136 e. The van der Waals surface area contributed by atoms with Crippen molar-refractivity contribution in [3.8, 4) is 0 Å². The van der Waals surface area contributed by atoms with Crippen LogP contribution >= 0.6 is 0 Å². The van der Waals surface area contributed by atoms with Crippen LogP contribution in [0.3, 0.4) is 0 Å². The van der Waals surface area contributed by atoms with Crippen LogP contribution in [0.25, 0.3) is 0 Å². The predicted molar refractivity (Wildman–Crippen MR) is 84.9 cm³/mol. The molecule has 0 amide bonds. The second kappa shape index (κ2) is 4.90. The van der Waals surface area contributed by atoms with E-state index in [0.29, 0.717) is 11.7 Å². The molecule has 4 heteroatoms. The Morgan fingerprint density at radius 3 is 2.25 bits per heavy atom. The molecule has 1 fully saturated rings. The van der Waals surface area contributed by atoms with Gasteiger partial charge in [-0.2, -0.15) is 0 Å². The summed E-state index contributed by atoms with van der Waals surface area (Å²) in [5.74, 6) is 2.93. The molecular weight excluding hydrogens is 248 g/mol. The van der Waals surface area contributed by atoms with Crippen molar-refractivity contribution < 1.29 is 0 Å². The number of hydrogen-bond acceptors (Lipinski definition) is 4. The van der Waals surface area contributed by atoms with Gasteiger partial charge in [-0.25, -0.2) is 9.97 Å². The van der Waals surface area contributed by atoms with Crippen LogP contribution in [0.1, 0.15) is 71.2 Å². The Hall–Kier alpha value is -1.32. The van der Waals surface area contributed by atoms with Gasteiger partial charge in [0.2, 0.25) is 0 Å². The fourth-order valence-electron chi connectivity index (χ4n) is 2.89. The van der Waals surface area contributed by atoms with Crippen LogP contribution in [0, 0.1) is 12.3 Å². The van der Waals surface area contributed by atoms with Gasteiger partial charge in [0.15, 0.2) is 0 Å². The summed E-state index contributed by atoms with van der Waals surface area (Å²) in [5, 5.41) is 3.58. The third-order valence-corrected chi connectivity index (χ3v) is 3.57. The summed E-state index contributed by atoms with van der Waals surface area (Å²) in [6.07, 6.45) is 3.43. The number of rotatable bonds is 4. The van der Waals surface area contributed by atoms with Gasteiger partial charge in [0.05, 0.1) is 0 Å². The van der Waals surface area contributed by atoms with E-state index in [4.69, 9.17) is 10.7 Å². The largest absolute Gasteiger partial charge is 0.383 e. The van der Waals surface area contributed by atoms with Gasteiger partial charge in [0.1, 0.15) is 17.5 Å². The summed E-state index contributed by atoms with van der Waals surface area (Å²) in [5.41, 5.74) is 7.24. The summed E-state index contributed by atoms with van der Waals surface area (Å²) < 4.78 is 0. The van der Waals surface area contributed by atoms with Gasteiger partial charge in [-0.3, -0.25) is 0 Å². The molecule has 4 nitrogen and oxygen atoms in total. The van der Waals surface area contributed by atoms with E-state index >= 15 is 0 Å². The van der Waals surface area contributed by atoms with E-state index in [2.05, 4.69) is 44.9 Å². The highest BCUT2D eigenvalue weighted by molar-refractivity contribution is 5.56. The maximum absolute atomic E-state index is 6.04. The van der Waals surface area contributed by atoms with E-state index in [1.807, 2.05) is 6.92 Å². The summed E-state index contributed by atoms with van der Waals surface area (Å²) in [6.45, 7) is 13.2. The highest BCUT2D eigenvalue weighted by Crippen LogP contribution is 2.39. The molecule has 0 atom stereocenters. The van der Waals surface area contributed by atoms with E-state index in [0.717, 1.165) is 23.6 Å². The highest BCUT2D eigenvalue weighted by atomic mass is 15.1. The quantitative estimate of drug-likeness (QED) is 0.876. The lowest BCUT2D eigenvalue weighted by atomic mass is 9.82. The van der Waals surface area contributed by atoms with E-state index in [-0.39, 0.29) is 11.0 Å². The average molecular weight is 276 g/mol. The average Bonchev–Trinajstić information content (AvgIpc) is 3.03. The molecule has 0 bridgehead atoms. The normalized spacial score (nSPS) is 16.3. The molecule has 0 aliphatic heterocycles. The van der Waals surface area contributed by atoms with Crippen molar-refractivity contribution >= 4 is 11.6 Å². The molecule has 0 unspecified atom stereocenters. The fraction of sp³-hybridized carbons (Fsp3) is 0.750. The van der Waals surface area contributed by atoms with Crippen molar-refractivity contribution in [1.29, 1.82) is 0 Å². The van der Waals surface area contributed by atoms with Crippen LogP contribution in [0.2, 0.25) is 0 Å². The monoisotopic (exact) mass is 276 g/mol. The third kappa shape index (κ3) is 3.84. The van der Waals surface area contributed by atoms with Crippen molar-refractivity contribution in [1.82, 2.24) is 9.97 Å². The minimum absolute atomic E-state index is 0.0232. The molecule has 0 aromatic carbocycles. The number of hydrogen-bond donors (Lipinski definition) is 2. The number of nitrogens with two attached hydrogens (primary N) is 1. The minimum Gasteiger partial charge on any atom is -0.383 e. The van der Waals surface area contributed by atoms with Gasteiger partial charge in [-0.15, -0.1) is 0 Å². The van der Waals surface area contributed by atoms with Crippen molar-refractivity contribution in [3.05, 3.63) is 11.4 Å². The van der Waals surface area contributed by atoms with Crippen molar-refractivity contribution in [2.24, 2.45) is 5.41 Å². The van der Waals surface area contributed by atoms with E-state index in [9.17, 15) is 0 Å². The molecule has 1 aromatic rings. The van der Waals surface area contributed by atoms with Crippen molar-refractivity contribution in [2.45, 2.75) is 72.3 Å². The van der Waals surface area contributed by atoms with Crippen molar-refractivity contribution in [2.75, 3.05) is 11.1 Å². The Morgan fingerprint density at radius 2 is 1.75 bits per heavy atom. The van der Waals surface area contributed by atoms with Crippen LogP contribution in [-0.4, -0.2) is 15.5 Å². The zero-order valence-corrected chi connectivity index (χ0v) is 13.7. The van der Waals surface area contributed by atoms with Crippen LogP contribution < -0.4 is 11.1 Å². The smallest absolute Gasteiger partial charge is 0.136 e. The van der Waals surface area contributed by atoms with Gasteiger partial charge in [-0.1, -0.05) is 20.8 Å². The first-order valence-electron chi connectivity index (χ1n) is 7.50. The Kier molecular flexibility index (Phi) is 3.69. The first-order valence-corrected chi connectivity index (χ1v) is 7.50. The Morgan fingerprint density at radius 1 is 1.15 bits per heavy atom. The molecule has 1 aliphatic carbocycles. The molecule has 1 aromatic heterocycles. The number of anilines is 2. The Balaban J connectivity index is 2.23. The second-order valence-electron chi connectivity index (χ2n) is 7.96. The lowest BCUT2D eigenvalue weighted by Gasteiger charge is -2.34. The summed E-state index contributed by atoms with van der Waals surface area (Å²) in [6, 6.07) is 0. The molecule has 1 saturated carbocycles. The third-order valence-electron chi connectivity index (χ3n) is 3.57. The maximum atomic E-state index is 6.04. The second-order valence-corrected chi connectivity index (χ2v) is 7.96. The van der Waals surface area contributed by atoms with Crippen LogP contribution in [0.5, 0.6) is 0 Å². The highest BCUT2D eigenvalue weighted by Gasteiger charge is 2.30. The number of nitrogen functional groups attached to an aromatic ring is 1. The summed E-state index contributed by atoms with van der Waals surface area (Å²) in [7, 11) is 0. The molecule has 0 saturated heterocycles. The van der Waals surface area contributed by atoms with Crippen LogP contribution in [0.15, 0.2) is 0 Å². The molecule has 1 aliphatic rings. The Labute approximate surface area is 122 Å². The summed E-state index contributed by atoms with van der Waals surface area (Å²) >= 11 is 0. The zero-order chi connectivity index (χ0) is 15.1. The number of nitrogens with zero attached hydrogens (tertiary/aromatic N) is 2. The molecule has 20 heavy (non-hydrogen) atoms. The summed E-state index contributed by atoms with van der Waals surface area (Å²) in [4.78, 5) is 9.13. The standard InChI is InChI=1S/C16H28N4/c1-10-12(17)18-14(11-7-8-11)19-13(10)20-16(5,6)9-15(2,3)4/h11H,7-9H2,1-6H3,(H3,17,18,19,20).